The maximum absolute atomic E-state index is 12.1. The van der Waals surface area contributed by atoms with Gasteiger partial charge in [-0.2, -0.15) is 11.8 Å². The molecule has 16 heavy (non-hydrogen) atoms. The molecule has 0 saturated carbocycles. The maximum atomic E-state index is 12.1. The van der Waals surface area contributed by atoms with Gasteiger partial charge in [0.2, 0.25) is 5.91 Å². The third-order valence-corrected chi connectivity index (χ3v) is 4.75. The van der Waals surface area contributed by atoms with Gasteiger partial charge >= 0.3 is 0 Å². The number of hydrogen-bond acceptors (Lipinski definition) is 3. The second-order valence-corrected chi connectivity index (χ2v) is 5.99. The van der Waals surface area contributed by atoms with Crippen LogP contribution in [0, 0.1) is 0 Å². The lowest BCUT2D eigenvalue weighted by Gasteiger charge is -2.33. The molecule has 2 aliphatic rings. The normalized spacial score (nSPS) is 30.7. The molecule has 0 bridgehead atoms. The van der Waals surface area contributed by atoms with Gasteiger partial charge in [0.15, 0.2) is 0 Å². The van der Waals surface area contributed by atoms with Crippen LogP contribution >= 0.6 is 11.8 Å². The molecule has 2 atom stereocenters. The van der Waals surface area contributed by atoms with Gasteiger partial charge in [-0.05, 0) is 32.7 Å². The van der Waals surface area contributed by atoms with Crippen molar-refractivity contribution in [2.24, 2.45) is 0 Å². The molecule has 2 fully saturated rings. The van der Waals surface area contributed by atoms with E-state index in [1.165, 1.54) is 12.8 Å². The monoisotopic (exact) mass is 242 g/mol. The van der Waals surface area contributed by atoms with Crippen LogP contribution < -0.4 is 5.32 Å². The minimum Gasteiger partial charge on any atom is -0.338 e. The van der Waals surface area contributed by atoms with E-state index in [9.17, 15) is 4.79 Å². The number of carbonyl (C=O) groups is 1. The fourth-order valence-electron chi connectivity index (χ4n) is 2.54. The van der Waals surface area contributed by atoms with Crippen LogP contribution in [0.3, 0.4) is 0 Å². The maximum Gasteiger partial charge on any atom is 0.222 e. The lowest BCUT2D eigenvalue weighted by atomic mass is 10.1. The quantitative estimate of drug-likeness (QED) is 0.813. The minimum atomic E-state index is 0.363. The van der Waals surface area contributed by atoms with Gasteiger partial charge in [0, 0.05) is 36.6 Å². The Morgan fingerprint density at radius 1 is 1.56 bits per heavy atom. The van der Waals surface area contributed by atoms with Gasteiger partial charge in [0.05, 0.1) is 0 Å². The second-order valence-electron chi connectivity index (χ2n) is 4.84. The van der Waals surface area contributed by atoms with Crippen molar-refractivity contribution in [1.29, 1.82) is 0 Å². The van der Waals surface area contributed by atoms with Gasteiger partial charge in [0.25, 0.3) is 0 Å². The molecule has 0 radical (unpaired) electrons. The summed E-state index contributed by atoms with van der Waals surface area (Å²) in [4.78, 5) is 14.1. The van der Waals surface area contributed by atoms with Crippen molar-refractivity contribution in [2.75, 3.05) is 24.6 Å². The molecule has 2 unspecified atom stereocenters. The Balaban J connectivity index is 1.73. The van der Waals surface area contributed by atoms with E-state index in [1.807, 2.05) is 11.8 Å². The van der Waals surface area contributed by atoms with Crippen molar-refractivity contribution < 1.29 is 4.79 Å². The average Bonchev–Trinajstić information content (AvgIpc) is 2.79. The van der Waals surface area contributed by atoms with Crippen LogP contribution in [0.1, 0.15) is 32.6 Å². The molecule has 1 amide bonds. The van der Waals surface area contributed by atoms with E-state index in [1.54, 1.807) is 0 Å². The highest BCUT2D eigenvalue weighted by molar-refractivity contribution is 7.99. The van der Waals surface area contributed by atoms with Crippen LogP contribution in [0.5, 0.6) is 0 Å². The van der Waals surface area contributed by atoms with Crippen LogP contribution in [-0.4, -0.2) is 47.5 Å². The summed E-state index contributed by atoms with van der Waals surface area (Å²) in [5.74, 6) is 2.58. The predicted molar refractivity (Wildman–Crippen MR) is 68.8 cm³/mol. The van der Waals surface area contributed by atoms with Crippen molar-refractivity contribution in [3.8, 4) is 0 Å². The molecule has 2 rings (SSSR count). The molecule has 3 nitrogen and oxygen atoms in total. The SMILES string of the molecule is CC1CSCCN1C(=O)CCC1CCCN1. The summed E-state index contributed by atoms with van der Waals surface area (Å²) in [5.41, 5.74) is 0. The summed E-state index contributed by atoms with van der Waals surface area (Å²) in [6.07, 6.45) is 4.27. The fourth-order valence-corrected chi connectivity index (χ4v) is 3.56. The lowest BCUT2D eigenvalue weighted by molar-refractivity contribution is -0.132. The van der Waals surface area contributed by atoms with Gasteiger partial charge in [0.1, 0.15) is 0 Å². The third kappa shape index (κ3) is 3.14. The van der Waals surface area contributed by atoms with E-state index in [-0.39, 0.29) is 0 Å². The van der Waals surface area contributed by atoms with Crippen molar-refractivity contribution in [2.45, 2.75) is 44.7 Å². The highest BCUT2D eigenvalue weighted by Crippen LogP contribution is 2.18. The second kappa shape index (κ2) is 5.92. The summed E-state index contributed by atoms with van der Waals surface area (Å²) in [7, 11) is 0. The average molecular weight is 242 g/mol. The van der Waals surface area contributed by atoms with Crippen LogP contribution in [-0.2, 0) is 4.79 Å². The van der Waals surface area contributed by atoms with Gasteiger partial charge in [-0.1, -0.05) is 0 Å². The number of nitrogens with zero attached hydrogens (tertiary/aromatic N) is 1. The van der Waals surface area contributed by atoms with Gasteiger partial charge in [-0.25, -0.2) is 0 Å². The van der Waals surface area contributed by atoms with E-state index in [4.69, 9.17) is 0 Å². The lowest BCUT2D eigenvalue weighted by Crippen LogP contribution is -2.44. The number of amides is 1. The number of thioether (sulfide) groups is 1. The molecular weight excluding hydrogens is 220 g/mol. The van der Waals surface area contributed by atoms with Crippen molar-refractivity contribution >= 4 is 17.7 Å². The van der Waals surface area contributed by atoms with Crippen LogP contribution in [0.25, 0.3) is 0 Å². The first-order valence-corrected chi connectivity index (χ1v) is 7.53. The molecule has 2 saturated heterocycles. The third-order valence-electron chi connectivity index (χ3n) is 3.56. The first-order chi connectivity index (χ1) is 7.77. The molecule has 0 aromatic heterocycles. The number of carbonyl (C=O) groups excluding carboxylic acids is 1. The largest absolute Gasteiger partial charge is 0.338 e. The molecule has 0 aromatic rings. The minimum absolute atomic E-state index is 0.363. The first kappa shape index (κ1) is 12.2. The molecule has 4 heteroatoms. The first-order valence-electron chi connectivity index (χ1n) is 6.38. The summed E-state index contributed by atoms with van der Waals surface area (Å²) < 4.78 is 0. The van der Waals surface area contributed by atoms with E-state index >= 15 is 0 Å². The summed E-state index contributed by atoms with van der Waals surface area (Å²) in [5, 5.41) is 3.45. The summed E-state index contributed by atoms with van der Waals surface area (Å²) in [6.45, 7) is 4.25. The van der Waals surface area contributed by atoms with Crippen molar-refractivity contribution in [3.05, 3.63) is 0 Å². The zero-order chi connectivity index (χ0) is 11.4. The molecule has 1 N–H and O–H groups in total. The Morgan fingerprint density at radius 3 is 3.12 bits per heavy atom. The zero-order valence-corrected chi connectivity index (χ0v) is 10.9. The van der Waals surface area contributed by atoms with Gasteiger partial charge in [-0.15, -0.1) is 0 Å². The van der Waals surface area contributed by atoms with Crippen LogP contribution in [0.4, 0.5) is 0 Å². The highest BCUT2D eigenvalue weighted by atomic mass is 32.2. The predicted octanol–water partition coefficient (Wildman–Crippen LogP) is 1.48. The van der Waals surface area contributed by atoms with Crippen molar-refractivity contribution in [3.63, 3.8) is 0 Å². The Morgan fingerprint density at radius 2 is 2.44 bits per heavy atom. The Labute approximate surface area is 102 Å². The molecule has 0 aliphatic carbocycles. The molecule has 2 heterocycles. The fraction of sp³-hybridized carbons (Fsp3) is 0.917. The number of rotatable bonds is 3. The Kier molecular flexibility index (Phi) is 4.53. The Hall–Kier alpha value is -0.220. The van der Waals surface area contributed by atoms with E-state index in [0.29, 0.717) is 18.0 Å². The topological polar surface area (TPSA) is 32.3 Å². The Bertz CT molecular complexity index is 241. The molecular formula is C12H22N2OS. The summed E-state index contributed by atoms with van der Waals surface area (Å²) in [6, 6.07) is 1.03. The number of hydrogen-bond donors (Lipinski definition) is 1. The zero-order valence-electron chi connectivity index (χ0n) is 10.1. The smallest absolute Gasteiger partial charge is 0.222 e. The van der Waals surface area contributed by atoms with E-state index in [2.05, 4.69) is 17.1 Å². The van der Waals surface area contributed by atoms with Crippen LogP contribution in [0.15, 0.2) is 0 Å². The molecule has 2 aliphatic heterocycles. The standard InChI is InChI=1S/C12H22N2OS/c1-10-9-16-8-7-14(10)12(15)5-4-11-3-2-6-13-11/h10-11,13H,2-9H2,1H3. The molecule has 0 spiro atoms. The van der Waals surface area contributed by atoms with Gasteiger partial charge < -0.3 is 10.2 Å². The van der Waals surface area contributed by atoms with E-state index < -0.39 is 0 Å². The van der Waals surface area contributed by atoms with E-state index in [0.717, 1.165) is 37.4 Å². The number of nitrogens with one attached hydrogen (secondary N) is 1. The highest BCUT2D eigenvalue weighted by Gasteiger charge is 2.24. The molecule has 92 valence electrons. The van der Waals surface area contributed by atoms with Crippen LogP contribution in [0.2, 0.25) is 0 Å². The molecule has 0 aromatic carbocycles. The van der Waals surface area contributed by atoms with Crippen molar-refractivity contribution in [1.82, 2.24) is 10.2 Å². The summed E-state index contributed by atoms with van der Waals surface area (Å²) >= 11 is 1.96. The van der Waals surface area contributed by atoms with Gasteiger partial charge in [-0.3, -0.25) is 4.79 Å².